The van der Waals surface area contributed by atoms with Crippen LogP contribution in [0.4, 0.5) is 0 Å². The van der Waals surface area contributed by atoms with Crippen LogP contribution in [0.15, 0.2) is 48.5 Å². The number of unbranched alkanes of at least 4 members (excludes halogenated alkanes) is 2. The first-order valence-electron chi connectivity index (χ1n) is 11.0. The fourth-order valence-electron chi connectivity index (χ4n) is 5.06. The standard InChI is InChI=1S/C25H26ClN3O2/c1-2-3-6-13-28-15-22(30)29-21(25(28)31)14-19-18-7-4-5-8-20(18)27-23(19)24(29)16-9-11-17(26)12-10-16/h4-5,7-12,21,24,27H,2-3,6,13-15H2,1H3/t21-,24+/m0/s1. The van der Waals surface area contributed by atoms with Crippen molar-refractivity contribution in [2.75, 3.05) is 13.1 Å². The van der Waals surface area contributed by atoms with Crippen LogP contribution < -0.4 is 0 Å². The second-order valence-electron chi connectivity index (χ2n) is 8.50. The summed E-state index contributed by atoms with van der Waals surface area (Å²) in [6.45, 7) is 2.94. The largest absolute Gasteiger partial charge is 0.356 e. The Morgan fingerprint density at radius 3 is 2.61 bits per heavy atom. The lowest BCUT2D eigenvalue weighted by atomic mass is 9.86. The van der Waals surface area contributed by atoms with E-state index < -0.39 is 6.04 Å². The zero-order chi connectivity index (χ0) is 21.5. The summed E-state index contributed by atoms with van der Waals surface area (Å²) < 4.78 is 0. The summed E-state index contributed by atoms with van der Waals surface area (Å²) in [5.74, 6) is 0.0657. The van der Waals surface area contributed by atoms with Gasteiger partial charge in [0.2, 0.25) is 11.8 Å². The molecule has 3 heterocycles. The number of piperazine rings is 1. The Kier molecular flexibility index (Phi) is 5.22. The molecule has 0 saturated carbocycles. The van der Waals surface area contributed by atoms with Crippen LogP contribution in [-0.4, -0.2) is 45.7 Å². The summed E-state index contributed by atoms with van der Waals surface area (Å²) in [7, 11) is 0. The van der Waals surface area contributed by atoms with E-state index in [0.29, 0.717) is 18.0 Å². The molecule has 5 nitrogen and oxygen atoms in total. The van der Waals surface area contributed by atoms with Gasteiger partial charge in [-0.25, -0.2) is 0 Å². The number of rotatable bonds is 5. The number of fused-ring (bicyclic) bond motifs is 4. The molecule has 2 aromatic carbocycles. The number of amides is 2. The fraction of sp³-hybridized carbons (Fsp3) is 0.360. The number of H-pyrrole nitrogens is 1. The molecule has 160 valence electrons. The van der Waals surface area contributed by atoms with Gasteiger partial charge in [-0.3, -0.25) is 9.59 Å². The van der Waals surface area contributed by atoms with Crippen molar-refractivity contribution in [3.8, 4) is 0 Å². The van der Waals surface area contributed by atoms with Gasteiger partial charge in [-0.15, -0.1) is 0 Å². The van der Waals surface area contributed by atoms with E-state index in [0.717, 1.165) is 47.0 Å². The Morgan fingerprint density at radius 2 is 1.84 bits per heavy atom. The van der Waals surface area contributed by atoms with E-state index in [1.54, 1.807) is 9.80 Å². The quantitative estimate of drug-likeness (QED) is 0.591. The van der Waals surface area contributed by atoms with Crippen molar-refractivity contribution < 1.29 is 9.59 Å². The fourth-order valence-corrected chi connectivity index (χ4v) is 5.18. The smallest absolute Gasteiger partial charge is 0.246 e. The maximum atomic E-state index is 13.5. The average molecular weight is 436 g/mol. The van der Waals surface area contributed by atoms with Crippen LogP contribution in [0.3, 0.4) is 0 Å². The molecule has 3 aromatic rings. The third-order valence-corrected chi connectivity index (χ3v) is 6.81. The first-order chi connectivity index (χ1) is 15.1. The molecule has 2 atom stereocenters. The Hall–Kier alpha value is -2.79. The van der Waals surface area contributed by atoms with Gasteiger partial charge in [0, 0.05) is 34.6 Å². The molecule has 6 heteroatoms. The lowest BCUT2D eigenvalue weighted by molar-refractivity contribution is -0.158. The van der Waals surface area contributed by atoms with Crippen LogP contribution in [0.5, 0.6) is 0 Å². The normalized spacial score (nSPS) is 20.8. The number of halogens is 1. The number of para-hydroxylation sites is 1. The molecule has 31 heavy (non-hydrogen) atoms. The molecule has 0 radical (unpaired) electrons. The number of hydrogen-bond donors (Lipinski definition) is 1. The first-order valence-corrected chi connectivity index (χ1v) is 11.4. The van der Waals surface area contributed by atoms with E-state index in [1.165, 1.54) is 0 Å². The topological polar surface area (TPSA) is 56.4 Å². The van der Waals surface area contributed by atoms with E-state index in [1.807, 2.05) is 42.5 Å². The molecule has 2 aliphatic heterocycles. The Balaban J connectivity index is 1.61. The Morgan fingerprint density at radius 1 is 1.06 bits per heavy atom. The predicted octanol–water partition coefficient (Wildman–Crippen LogP) is 4.70. The second kappa shape index (κ2) is 8.04. The predicted molar refractivity (Wildman–Crippen MR) is 122 cm³/mol. The third-order valence-electron chi connectivity index (χ3n) is 6.56. The maximum Gasteiger partial charge on any atom is 0.246 e. The van der Waals surface area contributed by atoms with Gasteiger partial charge in [0.15, 0.2) is 0 Å². The highest BCUT2D eigenvalue weighted by Crippen LogP contribution is 2.42. The minimum atomic E-state index is -0.477. The maximum absolute atomic E-state index is 13.5. The molecule has 1 aromatic heterocycles. The highest BCUT2D eigenvalue weighted by atomic mass is 35.5. The van der Waals surface area contributed by atoms with Crippen LogP contribution in [-0.2, 0) is 16.0 Å². The van der Waals surface area contributed by atoms with E-state index in [2.05, 4.69) is 18.0 Å². The van der Waals surface area contributed by atoms with Crippen LogP contribution in [0, 0.1) is 0 Å². The number of carbonyl (C=O) groups is 2. The lowest BCUT2D eigenvalue weighted by Gasteiger charge is -2.47. The van der Waals surface area contributed by atoms with Crippen molar-refractivity contribution in [3.05, 3.63) is 70.4 Å². The molecule has 1 N–H and O–H groups in total. The summed E-state index contributed by atoms with van der Waals surface area (Å²) in [6.07, 6.45) is 3.62. The van der Waals surface area contributed by atoms with Gasteiger partial charge in [-0.2, -0.15) is 0 Å². The van der Waals surface area contributed by atoms with E-state index in [4.69, 9.17) is 11.6 Å². The zero-order valence-electron chi connectivity index (χ0n) is 17.6. The molecule has 0 aliphatic carbocycles. The summed E-state index contributed by atoms with van der Waals surface area (Å²) in [5, 5.41) is 1.77. The van der Waals surface area contributed by atoms with Gasteiger partial charge >= 0.3 is 0 Å². The second-order valence-corrected chi connectivity index (χ2v) is 8.94. The van der Waals surface area contributed by atoms with Crippen LogP contribution in [0.2, 0.25) is 5.02 Å². The van der Waals surface area contributed by atoms with Crippen molar-refractivity contribution in [2.45, 2.75) is 44.7 Å². The minimum Gasteiger partial charge on any atom is -0.356 e. The molecular formula is C25H26ClN3O2. The summed E-state index contributed by atoms with van der Waals surface area (Å²) >= 11 is 6.13. The van der Waals surface area contributed by atoms with Gasteiger partial charge in [0.25, 0.3) is 0 Å². The van der Waals surface area contributed by atoms with Crippen LogP contribution in [0.25, 0.3) is 10.9 Å². The number of aromatic amines is 1. The molecule has 0 spiro atoms. The monoisotopic (exact) mass is 435 g/mol. The van der Waals surface area contributed by atoms with Gasteiger partial charge < -0.3 is 14.8 Å². The van der Waals surface area contributed by atoms with Gasteiger partial charge in [-0.1, -0.05) is 61.7 Å². The molecule has 0 unspecified atom stereocenters. The van der Waals surface area contributed by atoms with Gasteiger partial charge in [0.1, 0.15) is 6.04 Å². The van der Waals surface area contributed by atoms with E-state index in [-0.39, 0.29) is 24.4 Å². The van der Waals surface area contributed by atoms with Crippen LogP contribution in [0.1, 0.15) is 49.0 Å². The number of benzene rings is 2. The highest BCUT2D eigenvalue weighted by Gasteiger charge is 2.47. The van der Waals surface area contributed by atoms with Crippen molar-refractivity contribution in [1.29, 1.82) is 0 Å². The molecule has 1 saturated heterocycles. The van der Waals surface area contributed by atoms with Crippen molar-refractivity contribution in [2.24, 2.45) is 0 Å². The number of hydrogen-bond acceptors (Lipinski definition) is 2. The van der Waals surface area contributed by atoms with Crippen LogP contribution >= 0.6 is 11.6 Å². The molecular weight excluding hydrogens is 410 g/mol. The van der Waals surface area contributed by atoms with Crippen molar-refractivity contribution in [1.82, 2.24) is 14.8 Å². The van der Waals surface area contributed by atoms with E-state index in [9.17, 15) is 9.59 Å². The zero-order valence-corrected chi connectivity index (χ0v) is 18.4. The molecule has 0 bridgehead atoms. The minimum absolute atomic E-state index is 0.00496. The molecule has 2 aliphatic rings. The molecule has 1 fully saturated rings. The lowest BCUT2D eigenvalue weighted by Crippen LogP contribution is -2.63. The van der Waals surface area contributed by atoms with Crippen molar-refractivity contribution in [3.63, 3.8) is 0 Å². The molecule has 5 rings (SSSR count). The van der Waals surface area contributed by atoms with Crippen molar-refractivity contribution >= 4 is 34.3 Å². The SMILES string of the molecule is CCCCCN1CC(=O)N2[C@H](c3ccc(Cl)cc3)c3[nH]c4ccccc4c3C[C@H]2C1=O. The first kappa shape index (κ1) is 20.1. The Labute approximate surface area is 187 Å². The summed E-state index contributed by atoms with van der Waals surface area (Å²) in [6, 6.07) is 15.0. The van der Waals surface area contributed by atoms with Gasteiger partial charge in [-0.05, 0) is 35.7 Å². The number of nitrogens with one attached hydrogen (secondary N) is 1. The summed E-state index contributed by atoms with van der Waals surface area (Å²) in [4.78, 5) is 34.0. The number of aromatic nitrogens is 1. The summed E-state index contributed by atoms with van der Waals surface area (Å²) in [5.41, 5.74) is 4.13. The molecule has 2 amide bonds. The Bertz CT molecular complexity index is 1140. The number of carbonyl (C=O) groups excluding carboxylic acids is 2. The van der Waals surface area contributed by atoms with Gasteiger partial charge in [0.05, 0.1) is 12.6 Å². The van der Waals surface area contributed by atoms with E-state index >= 15 is 0 Å². The average Bonchev–Trinajstić information content (AvgIpc) is 3.15. The number of nitrogens with zero attached hydrogens (tertiary/aromatic N) is 2. The third kappa shape index (κ3) is 3.41. The highest BCUT2D eigenvalue weighted by molar-refractivity contribution is 6.30.